The molecule has 0 saturated carbocycles. The molecule has 126 valence electrons. The molecule has 2 nitrogen and oxygen atoms in total. The molecule has 0 spiro atoms. The van der Waals surface area contributed by atoms with Gasteiger partial charge in [-0.25, -0.2) is 0 Å². The molecule has 8 heteroatoms. The van der Waals surface area contributed by atoms with E-state index in [0.717, 1.165) is 4.90 Å². The minimum atomic E-state index is -4.45. The van der Waals surface area contributed by atoms with Crippen LogP contribution in [0, 0.1) is 0 Å². The largest absolute Gasteiger partial charge is 0.401 e. The van der Waals surface area contributed by atoms with Crippen molar-refractivity contribution in [2.75, 3.05) is 20.1 Å². The molecule has 0 aromatic rings. The summed E-state index contributed by atoms with van der Waals surface area (Å²) in [5, 5.41) is 0. The van der Waals surface area contributed by atoms with Crippen molar-refractivity contribution in [3.63, 3.8) is 0 Å². The summed E-state index contributed by atoms with van der Waals surface area (Å²) in [5.74, 6) is 0. The first-order chi connectivity index (χ1) is 9.06. The smallest absolute Gasteiger partial charge is 0.299 e. The molecular formula is C13H22F6N2. The lowest BCUT2D eigenvalue weighted by Gasteiger charge is -2.60. The molecule has 1 heterocycles. The number of rotatable bonds is 2. The van der Waals surface area contributed by atoms with Crippen molar-refractivity contribution in [3.05, 3.63) is 0 Å². The second-order valence-electron chi connectivity index (χ2n) is 6.92. The molecule has 21 heavy (non-hydrogen) atoms. The summed E-state index contributed by atoms with van der Waals surface area (Å²) >= 11 is 0. The van der Waals surface area contributed by atoms with Gasteiger partial charge in [-0.05, 0) is 34.7 Å². The van der Waals surface area contributed by atoms with Crippen LogP contribution in [0.25, 0.3) is 0 Å². The summed E-state index contributed by atoms with van der Waals surface area (Å²) in [4.78, 5) is 2.66. The molecule has 0 aromatic heterocycles. The van der Waals surface area contributed by atoms with Crippen molar-refractivity contribution in [3.8, 4) is 0 Å². The normalized spacial score (nSPS) is 27.9. The zero-order valence-electron chi connectivity index (χ0n) is 12.9. The molecule has 0 aromatic carbocycles. The number of hydrogen-bond donors (Lipinski definition) is 0. The average Bonchev–Trinajstić information content (AvgIpc) is 2.17. The van der Waals surface area contributed by atoms with Crippen LogP contribution in [0.15, 0.2) is 0 Å². The second-order valence-corrected chi connectivity index (χ2v) is 6.92. The van der Waals surface area contributed by atoms with Crippen molar-refractivity contribution in [2.24, 2.45) is 0 Å². The fourth-order valence-corrected chi connectivity index (χ4v) is 3.53. The lowest BCUT2D eigenvalue weighted by Crippen LogP contribution is -2.73. The highest BCUT2D eigenvalue weighted by Crippen LogP contribution is 2.41. The van der Waals surface area contributed by atoms with Gasteiger partial charge in [0, 0.05) is 23.7 Å². The highest BCUT2D eigenvalue weighted by molar-refractivity contribution is 5.07. The Balaban J connectivity index is 3.15. The van der Waals surface area contributed by atoms with Crippen LogP contribution in [0.1, 0.15) is 34.1 Å². The van der Waals surface area contributed by atoms with Crippen molar-refractivity contribution in [1.29, 1.82) is 0 Å². The van der Waals surface area contributed by atoms with Crippen LogP contribution in [-0.4, -0.2) is 59.4 Å². The van der Waals surface area contributed by atoms with E-state index in [-0.39, 0.29) is 6.54 Å². The van der Waals surface area contributed by atoms with Gasteiger partial charge < -0.3 is 0 Å². The Morgan fingerprint density at radius 1 is 0.952 bits per heavy atom. The number of hydrogen-bond acceptors (Lipinski definition) is 2. The van der Waals surface area contributed by atoms with Crippen LogP contribution in [0.2, 0.25) is 0 Å². The maximum atomic E-state index is 12.8. The van der Waals surface area contributed by atoms with Gasteiger partial charge in [0.25, 0.3) is 0 Å². The predicted molar refractivity (Wildman–Crippen MR) is 68.0 cm³/mol. The number of likely N-dealkylation sites (N-methyl/N-ethyl adjacent to an activating group) is 1. The highest BCUT2D eigenvalue weighted by atomic mass is 19.4. The van der Waals surface area contributed by atoms with Crippen molar-refractivity contribution in [2.45, 2.75) is 63.6 Å². The molecule has 1 aliphatic heterocycles. The van der Waals surface area contributed by atoms with Crippen molar-refractivity contribution >= 4 is 0 Å². The van der Waals surface area contributed by atoms with Gasteiger partial charge in [-0.3, -0.25) is 9.80 Å². The van der Waals surface area contributed by atoms with Crippen LogP contribution in [0.3, 0.4) is 0 Å². The second kappa shape index (κ2) is 5.30. The van der Waals surface area contributed by atoms with E-state index in [1.165, 1.54) is 25.8 Å². The Labute approximate surface area is 121 Å². The third-order valence-electron chi connectivity index (χ3n) is 4.17. The summed E-state index contributed by atoms with van der Waals surface area (Å²) in [6.45, 7) is 5.09. The monoisotopic (exact) mass is 320 g/mol. The first-order valence-corrected chi connectivity index (χ1v) is 6.68. The molecule has 0 aliphatic carbocycles. The zero-order valence-corrected chi connectivity index (χ0v) is 12.9. The topological polar surface area (TPSA) is 6.48 Å². The molecular weight excluding hydrogens is 298 g/mol. The summed E-state index contributed by atoms with van der Waals surface area (Å²) < 4.78 is 76.7. The lowest BCUT2D eigenvalue weighted by atomic mass is 9.80. The first-order valence-electron chi connectivity index (χ1n) is 6.68. The van der Waals surface area contributed by atoms with Gasteiger partial charge in [-0.2, -0.15) is 26.3 Å². The molecule has 1 unspecified atom stereocenters. The SMILES string of the molecule is CN1CC(C)(C)N(CC(F)(F)F)C(C)(C)C1CC(F)(F)F. The number of nitrogens with zero attached hydrogens (tertiary/aromatic N) is 2. The number of piperazine rings is 1. The predicted octanol–water partition coefficient (Wildman–Crippen LogP) is 3.67. The van der Waals surface area contributed by atoms with Gasteiger partial charge in [-0.1, -0.05) is 0 Å². The van der Waals surface area contributed by atoms with E-state index < -0.39 is 42.4 Å². The van der Waals surface area contributed by atoms with E-state index in [1.54, 1.807) is 13.8 Å². The maximum absolute atomic E-state index is 12.8. The minimum absolute atomic E-state index is 0.146. The van der Waals surface area contributed by atoms with E-state index in [4.69, 9.17) is 0 Å². The first kappa shape index (κ1) is 18.5. The Morgan fingerprint density at radius 2 is 1.43 bits per heavy atom. The Hall–Kier alpha value is -0.500. The van der Waals surface area contributed by atoms with Crippen molar-refractivity contribution < 1.29 is 26.3 Å². The van der Waals surface area contributed by atoms with Gasteiger partial charge >= 0.3 is 12.4 Å². The minimum Gasteiger partial charge on any atom is -0.299 e. The summed E-state index contributed by atoms with van der Waals surface area (Å²) in [7, 11) is 1.53. The summed E-state index contributed by atoms with van der Waals surface area (Å²) in [6.07, 6.45) is -9.99. The lowest BCUT2D eigenvalue weighted by molar-refractivity contribution is -0.213. The van der Waals surface area contributed by atoms with E-state index >= 15 is 0 Å². The molecule has 1 saturated heterocycles. The van der Waals surface area contributed by atoms with E-state index in [9.17, 15) is 26.3 Å². The number of alkyl halides is 6. The van der Waals surface area contributed by atoms with Crippen LogP contribution < -0.4 is 0 Å². The molecule has 0 bridgehead atoms. The van der Waals surface area contributed by atoms with Gasteiger partial charge in [0.1, 0.15) is 0 Å². The Kier molecular flexibility index (Phi) is 4.68. The molecule has 1 aliphatic rings. The van der Waals surface area contributed by atoms with Crippen LogP contribution in [0.5, 0.6) is 0 Å². The molecule has 1 rings (SSSR count). The summed E-state index contributed by atoms with van der Waals surface area (Å²) in [6, 6.07) is -1.02. The van der Waals surface area contributed by atoms with Crippen LogP contribution in [-0.2, 0) is 0 Å². The quantitative estimate of drug-likeness (QED) is 0.716. The van der Waals surface area contributed by atoms with Gasteiger partial charge in [0.15, 0.2) is 0 Å². The van der Waals surface area contributed by atoms with Crippen LogP contribution >= 0.6 is 0 Å². The zero-order chi connectivity index (χ0) is 16.9. The Bertz CT molecular complexity index is 372. The van der Waals surface area contributed by atoms with Gasteiger partial charge in [0.2, 0.25) is 0 Å². The fraction of sp³-hybridized carbons (Fsp3) is 1.00. The third-order valence-corrected chi connectivity index (χ3v) is 4.17. The number of halogens is 6. The fourth-order valence-electron chi connectivity index (χ4n) is 3.53. The van der Waals surface area contributed by atoms with E-state index in [2.05, 4.69) is 0 Å². The molecule has 1 fully saturated rings. The van der Waals surface area contributed by atoms with Gasteiger partial charge in [0.05, 0.1) is 13.0 Å². The standard InChI is InChI=1S/C13H22F6N2/c1-10(2)7-20(5)9(6-12(14,15)16)11(3,4)21(10)8-13(17,18)19/h9H,6-8H2,1-5H3. The molecule has 0 radical (unpaired) electrons. The van der Waals surface area contributed by atoms with Gasteiger partial charge in [-0.15, -0.1) is 0 Å². The Morgan fingerprint density at radius 3 is 1.81 bits per heavy atom. The molecule has 1 atom stereocenters. The maximum Gasteiger partial charge on any atom is 0.401 e. The molecule has 0 N–H and O–H groups in total. The van der Waals surface area contributed by atoms with E-state index in [0.29, 0.717) is 0 Å². The third kappa shape index (κ3) is 4.48. The molecule has 0 amide bonds. The van der Waals surface area contributed by atoms with Crippen molar-refractivity contribution in [1.82, 2.24) is 9.80 Å². The van der Waals surface area contributed by atoms with Crippen LogP contribution in [0.4, 0.5) is 26.3 Å². The summed E-state index contributed by atoms with van der Waals surface area (Å²) in [5.41, 5.74) is -2.11. The van der Waals surface area contributed by atoms with E-state index in [1.807, 2.05) is 0 Å². The highest BCUT2D eigenvalue weighted by Gasteiger charge is 2.54. The average molecular weight is 320 g/mol.